The summed E-state index contributed by atoms with van der Waals surface area (Å²) in [5.41, 5.74) is 2.22. The molecule has 24 heavy (non-hydrogen) atoms. The summed E-state index contributed by atoms with van der Waals surface area (Å²) in [6.45, 7) is 3.06. The summed E-state index contributed by atoms with van der Waals surface area (Å²) in [6.07, 6.45) is 7.05. The van der Waals surface area contributed by atoms with Crippen LogP contribution in [0.3, 0.4) is 0 Å². The largest absolute Gasteiger partial charge is 0.467 e. The van der Waals surface area contributed by atoms with Crippen molar-refractivity contribution >= 4 is 6.03 Å². The van der Waals surface area contributed by atoms with Gasteiger partial charge < -0.3 is 19.6 Å². The molecule has 0 aliphatic rings. The van der Waals surface area contributed by atoms with E-state index >= 15 is 0 Å². The Balaban J connectivity index is 1.57. The molecule has 3 aromatic rings. The molecule has 124 valence electrons. The van der Waals surface area contributed by atoms with Gasteiger partial charge in [-0.25, -0.2) is 9.78 Å². The topological polar surface area (TPSA) is 72.1 Å². The number of carbonyl (C=O) groups is 1. The Morgan fingerprint density at radius 1 is 1.25 bits per heavy atom. The highest BCUT2D eigenvalue weighted by molar-refractivity contribution is 5.74. The van der Waals surface area contributed by atoms with Gasteiger partial charge in [-0.05, 0) is 30.2 Å². The van der Waals surface area contributed by atoms with Crippen molar-refractivity contribution in [3.05, 3.63) is 78.3 Å². The summed E-state index contributed by atoms with van der Waals surface area (Å²) in [5.74, 6) is 0.727. The standard InChI is InChI=1S/C18H20N4O2/c1-14(17-7-4-10-24-17)21-18(23)20-11-15-5-2-3-6-16(15)12-22-9-8-19-13-22/h2-10,13-14H,11-12H2,1H3,(H2,20,21,23)/t14-/m0/s1. The first-order valence-electron chi connectivity index (χ1n) is 7.82. The summed E-state index contributed by atoms with van der Waals surface area (Å²) in [4.78, 5) is 16.1. The van der Waals surface area contributed by atoms with Crippen molar-refractivity contribution in [2.75, 3.05) is 0 Å². The molecular weight excluding hydrogens is 304 g/mol. The maximum absolute atomic E-state index is 12.1. The second-order valence-corrected chi connectivity index (χ2v) is 5.57. The van der Waals surface area contributed by atoms with Crippen LogP contribution in [0.4, 0.5) is 4.79 Å². The number of urea groups is 1. The second kappa shape index (κ2) is 7.50. The Kier molecular flexibility index (Phi) is 4.96. The zero-order chi connectivity index (χ0) is 16.8. The van der Waals surface area contributed by atoms with Gasteiger partial charge in [-0.15, -0.1) is 0 Å². The van der Waals surface area contributed by atoms with E-state index in [0.717, 1.165) is 23.4 Å². The number of nitrogens with zero attached hydrogens (tertiary/aromatic N) is 2. The third kappa shape index (κ3) is 4.04. The van der Waals surface area contributed by atoms with Crippen LogP contribution in [0.15, 0.2) is 65.8 Å². The fraction of sp³-hybridized carbons (Fsp3) is 0.222. The number of hydrogen-bond acceptors (Lipinski definition) is 3. The number of aromatic nitrogens is 2. The van der Waals surface area contributed by atoms with Gasteiger partial charge in [0.2, 0.25) is 0 Å². The molecule has 0 unspecified atom stereocenters. The van der Waals surface area contributed by atoms with Crippen LogP contribution in [0.5, 0.6) is 0 Å². The number of rotatable bonds is 6. The SMILES string of the molecule is C[C@H](NC(=O)NCc1ccccc1Cn1ccnc1)c1ccco1. The molecule has 0 spiro atoms. The van der Waals surface area contributed by atoms with Crippen LogP contribution in [0, 0.1) is 0 Å². The molecule has 1 aromatic carbocycles. The van der Waals surface area contributed by atoms with Gasteiger partial charge in [0.15, 0.2) is 0 Å². The second-order valence-electron chi connectivity index (χ2n) is 5.57. The van der Waals surface area contributed by atoms with Crippen LogP contribution in [0.2, 0.25) is 0 Å². The Morgan fingerprint density at radius 2 is 2.08 bits per heavy atom. The lowest BCUT2D eigenvalue weighted by Crippen LogP contribution is -2.36. The summed E-state index contributed by atoms with van der Waals surface area (Å²) in [6, 6.07) is 11.3. The Hall–Kier alpha value is -3.02. The predicted octanol–water partition coefficient (Wildman–Crippen LogP) is 3.08. The van der Waals surface area contributed by atoms with Crippen LogP contribution >= 0.6 is 0 Å². The molecule has 2 amide bonds. The highest BCUT2D eigenvalue weighted by Crippen LogP contribution is 2.13. The van der Waals surface area contributed by atoms with Crippen molar-refractivity contribution in [1.29, 1.82) is 0 Å². The average Bonchev–Trinajstić information content (AvgIpc) is 3.27. The van der Waals surface area contributed by atoms with Crippen LogP contribution in [0.1, 0.15) is 29.9 Å². The maximum Gasteiger partial charge on any atom is 0.315 e. The number of carbonyl (C=O) groups excluding carboxylic acids is 1. The van der Waals surface area contributed by atoms with E-state index in [-0.39, 0.29) is 12.1 Å². The number of imidazole rings is 1. The number of furan rings is 1. The predicted molar refractivity (Wildman–Crippen MR) is 90.3 cm³/mol. The molecule has 0 radical (unpaired) electrons. The lowest BCUT2D eigenvalue weighted by atomic mass is 10.1. The number of nitrogens with one attached hydrogen (secondary N) is 2. The summed E-state index contributed by atoms with van der Waals surface area (Å²) in [5, 5.41) is 5.75. The van der Waals surface area contributed by atoms with Gasteiger partial charge in [-0.1, -0.05) is 24.3 Å². The fourth-order valence-corrected chi connectivity index (χ4v) is 2.49. The molecular formula is C18H20N4O2. The Bertz CT molecular complexity index is 766. The minimum atomic E-state index is -0.226. The van der Waals surface area contributed by atoms with E-state index in [2.05, 4.69) is 21.7 Å². The summed E-state index contributed by atoms with van der Waals surface area (Å²) in [7, 11) is 0. The van der Waals surface area contributed by atoms with Gasteiger partial charge in [-0.2, -0.15) is 0 Å². The van der Waals surface area contributed by atoms with Gasteiger partial charge in [0.25, 0.3) is 0 Å². The van der Waals surface area contributed by atoms with E-state index in [0.29, 0.717) is 6.54 Å². The zero-order valence-electron chi connectivity index (χ0n) is 13.5. The van der Waals surface area contributed by atoms with E-state index in [4.69, 9.17) is 4.42 Å². The molecule has 6 heteroatoms. The van der Waals surface area contributed by atoms with E-state index in [1.807, 2.05) is 42.0 Å². The molecule has 6 nitrogen and oxygen atoms in total. The first-order chi connectivity index (χ1) is 11.7. The molecule has 0 fully saturated rings. The van der Waals surface area contributed by atoms with Crippen molar-refractivity contribution in [2.45, 2.75) is 26.1 Å². The van der Waals surface area contributed by atoms with Gasteiger partial charge >= 0.3 is 6.03 Å². The van der Waals surface area contributed by atoms with Gasteiger partial charge in [-0.3, -0.25) is 0 Å². The van der Waals surface area contributed by atoms with E-state index in [9.17, 15) is 4.79 Å². The normalized spacial score (nSPS) is 11.9. The molecule has 2 aromatic heterocycles. The maximum atomic E-state index is 12.1. The van der Waals surface area contributed by atoms with E-state index < -0.39 is 0 Å². The van der Waals surface area contributed by atoms with Gasteiger partial charge in [0.05, 0.1) is 18.6 Å². The Labute approximate surface area is 140 Å². The van der Waals surface area contributed by atoms with Crippen molar-refractivity contribution < 1.29 is 9.21 Å². The van der Waals surface area contributed by atoms with E-state index in [1.54, 1.807) is 24.9 Å². The van der Waals surface area contributed by atoms with Gasteiger partial charge in [0.1, 0.15) is 5.76 Å². The van der Waals surface area contributed by atoms with E-state index in [1.165, 1.54) is 0 Å². The number of hydrogen-bond donors (Lipinski definition) is 2. The average molecular weight is 324 g/mol. The number of amides is 2. The lowest BCUT2D eigenvalue weighted by molar-refractivity contribution is 0.235. The van der Waals surface area contributed by atoms with Crippen LogP contribution < -0.4 is 10.6 Å². The first kappa shape index (κ1) is 15.9. The molecule has 2 heterocycles. The molecule has 0 aliphatic heterocycles. The van der Waals surface area contributed by atoms with Crippen molar-refractivity contribution in [2.24, 2.45) is 0 Å². The van der Waals surface area contributed by atoms with Crippen LogP contribution in [0.25, 0.3) is 0 Å². The van der Waals surface area contributed by atoms with Crippen molar-refractivity contribution in [1.82, 2.24) is 20.2 Å². The van der Waals surface area contributed by atoms with Crippen molar-refractivity contribution in [3.8, 4) is 0 Å². The smallest absolute Gasteiger partial charge is 0.315 e. The Morgan fingerprint density at radius 3 is 2.79 bits per heavy atom. The van der Waals surface area contributed by atoms with Crippen molar-refractivity contribution in [3.63, 3.8) is 0 Å². The first-order valence-corrected chi connectivity index (χ1v) is 7.82. The minimum Gasteiger partial charge on any atom is -0.467 e. The monoisotopic (exact) mass is 324 g/mol. The molecule has 2 N–H and O–H groups in total. The third-order valence-corrected chi connectivity index (χ3v) is 3.79. The summed E-state index contributed by atoms with van der Waals surface area (Å²) < 4.78 is 7.28. The molecule has 0 saturated carbocycles. The number of benzene rings is 1. The molecule has 1 atom stereocenters. The summed E-state index contributed by atoms with van der Waals surface area (Å²) >= 11 is 0. The molecule has 0 aliphatic carbocycles. The minimum absolute atomic E-state index is 0.179. The molecule has 0 bridgehead atoms. The quantitative estimate of drug-likeness (QED) is 0.732. The third-order valence-electron chi connectivity index (χ3n) is 3.79. The van der Waals surface area contributed by atoms with Crippen LogP contribution in [-0.2, 0) is 13.1 Å². The molecule has 3 rings (SSSR count). The lowest BCUT2D eigenvalue weighted by Gasteiger charge is -2.14. The highest BCUT2D eigenvalue weighted by Gasteiger charge is 2.12. The fourth-order valence-electron chi connectivity index (χ4n) is 2.49. The molecule has 0 saturated heterocycles. The van der Waals surface area contributed by atoms with Crippen LogP contribution in [-0.4, -0.2) is 15.6 Å². The highest BCUT2D eigenvalue weighted by atomic mass is 16.3. The van der Waals surface area contributed by atoms with Gasteiger partial charge in [0, 0.05) is 25.5 Å². The zero-order valence-corrected chi connectivity index (χ0v) is 13.5.